The van der Waals surface area contributed by atoms with Crippen LogP contribution in [0.5, 0.6) is 0 Å². The van der Waals surface area contributed by atoms with Crippen molar-refractivity contribution in [3.05, 3.63) is 29.3 Å². The van der Waals surface area contributed by atoms with Gasteiger partial charge in [-0.3, -0.25) is 4.72 Å². The van der Waals surface area contributed by atoms with Crippen LogP contribution in [0.15, 0.2) is 18.2 Å². The Kier molecular flexibility index (Phi) is 2.58. The molecule has 0 radical (unpaired) electrons. The quantitative estimate of drug-likeness (QED) is 0.745. The van der Waals surface area contributed by atoms with E-state index >= 15 is 0 Å². The average Bonchev–Trinajstić information content (AvgIpc) is 1.96. The summed E-state index contributed by atoms with van der Waals surface area (Å²) in [6.07, 6.45) is 0. The number of rotatable bonds is 2. The van der Waals surface area contributed by atoms with Crippen molar-refractivity contribution in [3.8, 4) is 0 Å². The summed E-state index contributed by atoms with van der Waals surface area (Å²) >= 11 is 0. The van der Waals surface area contributed by atoms with Crippen LogP contribution < -0.4 is 9.86 Å². The number of hydrogen-bond donors (Lipinski definition) is 2. The van der Waals surface area contributed by atoms with Crippen LogP contribution in [0.1, 0.15) is 11.1 Å². The topological polar surface area (TPSA) is 72.2 Å². The molecule has 72 valence electrons. The molecule has 0 bridgehead atoms. The lowest BCUT2D eigenvalue weighted by Gasteiger charge is -2.08. The first-order valence-corrected chi connectivity index (χ1v) is 5.31. The highest BCUT2D eigenvalue weighted by molar-refractivity contribution is 7.90. The Hall–Kier alpha value is -1.07. The molecule has 5 heteroatoms. The minimum Gasteiger partial charge on any atom is -0.271 e. The second kappa shape index (κ2) is 3.35. The van der Waals surface area contributed by atoms with Crippen molar-refractivity contribution >= 4 is 15.9 Å². The SMILES string of the molecule is Cc1cccc(NS(N)(=O)=O)c1C. The van der Waals surface area contributed by atoms with Crippen LogP contribution in [0.25, 0.3) is 0 Å². The van der Waals surface area contributed by atoms with Crippen molar-refractivity contribution in [1.82, 2.24) is 0 Å². The van der Waals surface area contributed by atoms with Crippen molar-refractivity contribution in [3.63, 3.8) is 0 Å². The van der Waals surface area contributed by atoms with E-state index in [9.17, 15) is 8.42 Å². The van der Waals surface area contributed by atoms with E-state index < -0.39 is 10.2 Å². The first-order valence-electron chi connectivity index (χ1n) is 3.77. The van der Waals surface area contributed by atoms with Gasteiger partial charge in [-0.15, -0.1) is 0 Å². The zero-order valence-electron chi connectivity index (χ0n) is 7.53. The van der Waals surface area contributed by atoms with Gasteiger partial charge >= 0.3 is 0 Å². The molecule has 0 fully saturated rings. The van der Waals surface area contributed by atoms with E-state index in [0.29, 0.717) is 5.69 Å². The number of benzene rings is 1. The number of nitrogens with two attached hydrogens (primary N) is 1. The average molecular weight is 200 g/mol. The van der Waals surface area contributed by atoms with Gasteiger partial charge in [0.1, 0.15) is 0 Å². The fourth-order valence-electron chi connectivity index (χ4n) is 1.01. The fourth-order valence-corrected chi connectivity index (χ4v) is 1.54. The highest BCUT2D eigenvalue weighted by Gasteiger charge is 2.05. The molecule has 13 heavy (non-hydrogen) atoms. The van der Waals surface area contributed by atoms with E-state index in [4.69, 9.17) is 5.14 Å². The number of nitrogens with one attached hydrogen (secondary N) is 1. The number of aryl methyl sites for hydroxylation is 1. The summed E-state index contributed by atoms with van der Waals surface area (Å²) in [7, 11) is -3.67. The molecule has 0 spiro atoms. The van der Waals surface area contributed by atoms with Gasteiger partial charge in [0.25, 0.3) is 10.2 Å². The van der Waals surface area contributed by atoms with Crippen molar-refractivity contribution < 1.29 is 8.42 Å². The van der Waals surface area contributed by atoms with Crippen molar-refractivity contribution in [2.45, 2.75) is 13.8 Å². The molecule has 0 aliphatic carbocycles. The smallest absolute Gasteiger partial charge is 0.271 e. The molecule has 0 amide bonds. The normalized spacial score (nSPS) is 11.3. The van der Waals surface area contributed by atoms with E-state index in [2.05, 4.69) is 4.72 Å². The van der Waals surface area contributed by atoms with Crippen LogP contribution in [0, 0.1) is 13.8 Å². The molecule has 0 aliphatic heterocycles. The Morgan fingerprint density at radius 1 is 1.31 bits per heavy atom. The minimum absolute atomic E-state index is 0.530. The molecule has 1 aromatic carbocycles. The molecule has 4 nitrogen and oxygen atoms in total. The summed E-state index contributed by atoms with van der Waals surface area (Å²) in [5.41, 5.74) is 2.44. The lowest BCUT2D eigenvalue weighted by molar-refractivity contribution is 0.603. The molecule has 0 saturated carbocycles. The monoisotopic (exact) mass is 200 g/mol. The summed E-state index contributed by atoms with van der Waals surface area (Å²) in [6, 6.07) is 5.35. The maximum Gasteiger partial charge on any atom is 0.296 e. The lowest BCUT2D eigenvalue weighted by Crippen LogP contribution is -2.22. The van der Waals surface area contributed by atoms with Gasteiger partial charge in [0.2, 0.25) is 0 Å². The van der Waals surface area contributed by atoms with Crippen molar-refractivity contribution in [2.24, 2.45) is 5.14 Å². The maximum absolute atomic E-state index is 10.7. The van der Waals surface area contributed by atoms with Crippen molar-refractivity contribution in [2.75, 3.05) is 4.72 Å². The summed E-state index contributed by atoms with van der Waals surface area (Å²) < 4.78 is 23.7. The van der Waals surface area contributed by atoms with Gasteiger partial charge in [-0.1, -0.05) is 12.1 Å². The van der Waals surface area contributed by atoms with Crippen LogP contribution >= 0.6 is 0 Å². The largest absolute Gasteiger partial charge is 0.296 e. The lowest BCUT2D eigenvalue weighted by atomic mass is 10.1. The van der Waals surface area contributed by atoms with Crippen LogP contribution in [0.4, 0.5) is 5.69 Å². The van der Waals surface area contributed by atoms with E-state index in [1.165, 1.54) is 0 Å². The second-order valence-electron chi connectivity index (χ2n) is 2.89. The molecule has 1 rings (SSSR count). The molecule has 0 saturated heterocycles. The van der Waals surface area contributed by atoms with Crippen LogP contribution in [0.3, 0.4) is 0 Å². The molecule has 1 aromatic rings. The molecule has 0 atom stereocenters. The summed E-state index contributed by atoms with van der Waals surface area (Å²) in [6.45, 7) is 3.74. The van der Waals surface area contributed by atoms with Gasteiger partial charge in [0.15, 0.2) is 0 Å². The Morgan fingerprint density at radius 3 is 2.46 bits per heavy atom. The molecule has 0 heterocycles. The van der Waals surface area contributed by atoms with Gasteiger partial charge in [-0.25, -0.2) is 5.14 Å². The molecular weight excluding hydrogens is 188 g/mol. The highest BCUT2D eigenvalue weighted by atomic mass is 32.2. The Balaban J connectivity index is 3.10. The van der Waals surface area contributed by atoms with Gasteiger partial charge < -0.3 is 0 Å². The number of anilines is 1. The molecule has 0 unspecified atom stereocenters. The minimum atomic E-state index is -3.67. The van der Waals surface area contributed by atoms with Crippen LogP contribution in [0.2, 0.25) is 0 Å². The van der Waals surface area contributed by atoms with Gasteiger partial charge in [0.05, 0.1) is 5.69 Å². The fraction of sp³-hybridized carbons (Fsp3) is 0.250. The van der Waals surface area contributed by atoms with E-state index in [1.54, 1.807) is 12.1 Å². The first-order chi connectivity index (χ1) is 5.90. The van der Waals surface area contributed by atoms with Crippen molar-refractivity contribution in [1.29, 1.82) is 0 Å². The number of hydrogen-bond acceptors (Lipinski definition) is 2. The molecular formula is C8H12N2O2S. The third-order valence-electron chi connectivity index (χ3n) is 1.86. The third-order valence-corrected chi connectivity index (χ3v) is 2.36. The van der Waals surface area contributed by atoms with Gasteiger partial charge in [0, 0.05) is 0 Å². The predicted octanol–water partition coefficient (Wildman–Crippen LogP) is 0.919. The summed E-state index contributed by atoms with van der Waals surface area (Å²) in [5.74, 6) is 0. The predicted molar refractivity (Wildman–Crippen MR) is 52.6 cm³/mol. The van der Waals surface area contributed by atoms with Crippen LogP contribution in [-0.4, -0.2) is 8.42 Å². The Bertz CT molecular complexity index is 412. The van der Waals surface area contributed by atoms with Gasteiger partial charge in [-0.2, -0.15) is 8.42 Å². The Morgan fingerprint density at radius 2 is 1.92 bits per heavy atom. The molecule has 0 aromatic heterocycles. The van der Waals surface area contributed by atoms with E-state index in [-0.39, 0.29) is 0 Å². The zero-order valence-corrected chi connectivity index (χ0v) is 8.35. The summed E-state index contributed by atoms with van der Waals surface area (Å²) in [4.78, 5) is 0. The van der Waals surface area contributed by atoms with E-state index in [1.807, 2.05) is 19.9 Å². The highest BCUT2D eigenvalue weighted by Crippen LogP contribution is 2.18. The zero-order chi connectivity index (χ0) is 10.1. The summed E-state index contributed by atoms with van der Waals surface area (Å²) in [5, 5.41) is 4.85. The Labute approximate surface area is 77.9 Å². The molecule has 3 N–H and O–H groups in total. The standard InChI is InChI=1S/C8H12N2O2S/c1-6-4-3-5-8(7(6)2)10-13(9,11)12/h3-5,10H,1-2H3,(H2,9,11,12). The molecule has 0 aliphatic rings. The first kappa shape index (κ1) is 10.0. The second-order valence-corrected chi connectivity index (χ2v) is 4.19. The third kappa shape index (κ3) is 2.71. The van der Waals surface area contributed by atoms with Crippen LogP contribution in [-0.2, 0) is 10.2 Å². The maximum atomic E-state index is 10.7. The van der Waals surface area contributed by atoms with E-state index in [0.717, 1.165) is 11.1 Å². The van der Waals surface area contributed by atoms with Gasteiger partial charge in [-0.05, 0) is 31.0 Å².